The molecule has 29 heavy (non-hydrogen) atoms. The van der Waals surface area contributed by atoms with Crippen LogP contribution in [0.3, 0.4) is 0 Å². The highest BCUT2D eigenvalue weighted by Crippen LogP contribution is 2.47. The van der Waals surface area contributed by atoms with Crippen molar-refractivity contribution in [1.82, 2.24) is 0 Å². The Bertz CT molecular complexity index is 671. The third kappa shape index (κ3) is 5.24. The Kier molecular flexibility index (Phi) is 6.79. The normalized spacial score (nSPS) is 27.9. The average molecular weight is 400 g/mol. The topological polar surface area (TPSA) is 44.8 Å². The number of rotatable bonds is 8. The molecule has 1 unspecified atom stereocenters. The Morgan fingerprint density at radius 1 is 1.10 bits per heavy atom. The fraction of sp³-hybridized carbons (Fsp3) is 0.708. The molecule has 5 heteroatoms. The molecule has 1 aliphatic carbocycles. The second-order valence-electron chi connectivity index (χ2n) is 10.1. The highest BCUT2D eigenvalue weighted by atomic mass is 16.7. The molecule has 0 spiro atoms. The van der Waals surface area contributed by atoms with Crippen LogP contribution in [0.2, 0.25) is 6.32 Å². The molecular formula is C24H37BO4. The van der Waals surface area contributed by atoms with Crippen LogP contribution in [-0.4, -0.2) is 24.3 Å². The molecule has 0 N–H and O–H groups in total. The van der Waals surface area contributed by atoms with Crippen LogP contribution in [-0.2, 0) is 25.4 Å². The van der Waals surface area contributed by atoms with Crippen LogP contribution in [0, 0.1) is 11.3 Å². The highest BCUT2D eigenvalue weighted by Gasteiger charge is 2.50. The number of unbranched alkanes of at least 4 members (excludes halogenated alkanes) is 1. The lowest BCUT2D eigenvalue weighted by Gasteiger charge is -2.32. The quantitative estimate of drug-likeness (QED) is 0.314. The standard InChI is InChI=1S/C24H37BO4/c1-19-13-15-24(17-19,21(26)27-18-20-11-7-6-8-12-20)14-9-10-16-25-28-22(2,3)23(4,5)29-25/h6-8,11-12,19H,9-10,13-18H2,1-5H3/t19-,24?/m1/s1. The van der Waals surface area contributed by atoms with Crippen LogP contribution in [0.25, 0.3) is 0 Å². The summed E-state index contributed by atoms with van der Waals surface area (Å²) in [5.74, 6) is 0.573. The smallest absolute Gasteiger partial charge is 0.457 e. The maximum Gasteiger partial charge on any atom is 0.457 e. The van der Waals surface area contributed by atoms with Crippen molar-refractivity contribution in [1.29, 1.82) is 0 Å². The summed E-state index contributed by atoms with van der Waals surface area (Å²) >= 11 is 0. The van der Waals surface area contributed by atoms with Gasteiger partial charge in [-0.25, -0.2) is 0 Å². The summed E-state index contributed by atoms with van der Waals surface area (Å²) in [7, 11) is -0.150. The molecule has 2 atom stereocenters. The molecule has 1 heterocycles. The molecule has 1 saturated heterocycles. The van der Waals surface area contributed by atoms with Gasteiger partial charge in [0.2, 0.25) is 0 Å². The molecule has 4 nitrogen and oxygen atoms in total. The zero-order chi connectivity index (χ0) is 21.1. The monoisotopic (exact) mass is 400 g/mol. The van der Waals surface area contributed by atoms with Crippen molar-refractivity contribution in [3.8, 4) is 0 Å². The van der Waals surface area contributed by atoms with E-state index in [9.17, 15) is 4.79 Å². The summed E-state index contributed by atoms with van der Waals surface area (Å²) < 4.78 is 18.0. The number of ether oxygens (including phenoxy) is 1. The van der Waals surface area contributed by atoms with Crippen LogP contribution in [0.1, 0.15) is 78.7 Å². The van der Waals surface area contributed by atoms with E-state index in [4.69, 9.17) is 14.0 Å². The second-order valence-corrected chi connectivity index (χ2v) is 10.1. The van der Waals surface area contributed by atoms with Gasteiger partial charge in [-0.3, -0.25) is 4.79 Å². The number of benzene rings is 1. The number of esters is 1. The lowest BCUT2D eigenvalue weighted by Crippen LogP contribution is -2.41. The molecule has 1 saturated carbocycles. The predicted molar refractivity (Wildman–Crippen MR) is 116 cm³/mol. The first-order valence-electron chi connectivity index (χ1n) is 11.2. The molecule has 1 aliphatic heterocycles. The van der Waals surface area contributed by atoms with E-state index in [2.05, 4.69) is 34.6 Å². The van der Waals surface area contributed by atoms with Crippen molar-refractivity contribution in [3.05, 3.63) is 35.9 Å². The second kappa shape index (κ2) is 8.81. The Morgan fingerprint density at radius 2 is 1.76 bits per heavy atom. The van der Waals surface area contributed by atoms with Crippen molar-refractivity contribution in [2.75, 3.05) is 0 Å². The summed E-state index contributed by atoms with van der Waals surface area (Å²) in [6.07, 6.45) is 6.76. The van der Waals surface area contributed by atoms with E-state index in [1.54, 1.807) is 0 Å². The van der Waals surface area contributed by atoms with Gasteiger partial charge in [-0.15, -0.1) is 0 Å². The minimum absolute atomic E-state index is 0.0127. The fourth-order valence-corrected chi connectivity index (χ4v) is 4.64. The molecule has 2 aliphatic rings. The van der Waals surface area contributed by atoms with E-state index in [-0.39, 0.29) is 29.7 Å². The summed E-state index contributed by atoms with van der Waals surface area (Å²) in [6.45, 7) is 11.0. The minimum atomic E-state index is -0.315. The Labute approximate surface area is 176 Å². The third-order valence-corrected chi connectivity index (χ3v) is 7.15. The largest absolute Gasteiger partial charge is 0.460 e. The van der Waals surface area contributed by atoms with Gasteiger partial charge >= 0.3 is 13.1 Å². The van der Waals surface area contributed by atoms with Gasteiger partial charge in [-0.1, -0.05) is 50.1 Å². The molecule has 160 valence electrons. The zero-order valence-corrected chi connectivity index (χ0v) is 18.8. The van der Waals surface area contributed by atoms with Gasteiger partial charge in [0.05, 0.1) is 16.6 Å². The molecule has 3 rings (SSSR count). The van der Waals surface area contributed by atoms with Crippen molar-refractivity contribution in [2.24, 2.45) is 11.3 Å². The zero-order valence-electron chi connectivity index (χ0n) is 18.8. The minimum Gasteiger partial charge on any atom is -0.460 e. The van der Waals surface area contributed by atoms with Crippen LogP contribution in [0.15, 0.2) is 30.3 Å². The van der Waals surface area contributed by atoms with Gasteiger partial charge in [0.25, 0.3) is 0 Å². The Hall–Kier alpha value is -1.33. The first-order valence-corrected chi connectivity index (χ1v) is 11.2. The van der Waals surface area contributed by atoms with Crippen molar-refractivity contribution in [2.45, 2.75) is 97.3 Å². The molecule has 0 aromatic heterocycles. The van der Waals surface area contributed by atoms with Gasteiger partial charge < -0.3 is 14.0 Å². The number of carbonyl (C=O) groups excluding carboxylic acids is 1. The summed E-state index contributed by atoms with van der Waals surface area (Å²) in [5.41, 5.74) is 0.175. The lowest BCUT2D eigenvalue weighted by atomic mass is 9.77. The molecule has 0 radical (unpaired) electrons. The van der Waals surface area contributed by atoms with E-state index >= 15 is 0 Å². The van der Waals surface area contributed by atoms with Crippen molar-refractivity contribution >= 4 is 13.1 Å². The van der Waals surface area contributed by atoms with Crippen LogP contribution >= 0.6 is 0 Å². The highest BCUT2D eigenvalue weighted by molar-refractivity contribution is 6.45. The first kappa shape index (κ1) is 22.4. The molecule has 0 bridgehead atoms. The molecular weight excluding hydrogens is 363 g/mol. The molecule has 0 amide bonds. The van der Waals surface area contributed by atoms with Crippen LogP contribution in [0.4, 0.5) is 0 Å². The van der Waals surface area contributed by atoms with Gasteiger partial charge in [0.15, 0.2) is 0 Å². The predicted octanol–water partition coefficient (Wildman–Crippen LogP) is 5.80. The van der Waals surface area contributed by atoms with E-state index in [0.717, 1.165) is 50.4 Å². The SMILES string of the molecule is C[C@@H]1CCC(CCCCB2OC(C)(C)C(C)(C)O2)(C(=O)OCc2ccccc2)C1. The van der Waals surface area contributed by atoms with E-state index in [0.29, 0.717) is 12.5 Å². The van der Waals surface area contributed by atoms with E-state index in [1.165, 1.54) is 0 Å². The maximum atomic E-state index is 13.0. The maximum absolute atomic E-state index is 13.0. The van der Waals surface area contributed by atoms with Crippen molar-refractivity contribution in [3.63, 3.8) is 0 Å². The number of hydrogen-bond donors (Lipinski definition) is 0. The summed E-state index contributed by atoms with van der Waals surface area (Å²) in [6, 6.07) is 9.94. The molecule has 2 fully saturated rings. The van der Waals surface area contributed by atoms with Gasteiger partial charge in [-0.2, -0.15) is 0 Å². The number of hydrogen-bond acceptors (Lipinski definition) is 4. The van der Waals surface area contributed by atoms with E-state index in [1.807, 2.05) is 30.3 Å². The van der Waals surface area contributed by atoms with E-state index < -0.39 is 0 Å². The Balaban J connectivity index is 1.49. The average Bonchev–Trinajstić information content (AvgIpc) is 3.14. The number of carbonyl (C=O) groups is 1. The fourth-order valence-electron chi connectivity index (χ4n) is 4.64. The summed E-state index contributed by atoms with van der Waals surface area (Å²) in [4.78, 5) is 13.0. The third-order valence-electron chi connectivity index (χ3n) is 7.15. The first-order chi connectivity index (χ1) is 13.6. The van der Waals surface area contributed by atoms with Gasteiger partial charge in [-0.05, 0) is 71.2 Å². The van der Waals surface area contributed by atoms with Gasteiger partial charge in [0, 0.05) is 0 Å². The Morgan fingerprint density at radius 3 is 2.34 bits per heavy atom. The van der Waals surface area contributed by atoms with Crippen molar-refractivity contribution < 1.29 is 18.8 Å². The molecule has 1 aromatic carbocycles. The molecule has 1 aromatic rings. The van der Waals surface area contributed by atoms with Crippen LogP contribution < -0.4 is 0 Å². The lowest BCUT2D eigenvalue weighted by molar-refractivity contribution is -0.157. The van der Waals surface area contributed by atoms with Gasteiger partial charge in [0.1, 0.15) is 6.61 Å². The summed E-state index contributed by atoms with van der Waals surface area (Å²) in [5, 5.41) is 0. The van der Waals surface area contributed by atoms with Crippen LogP contribution in [0.5, 0.6) is 0 Å².